The molecule has 0 bridgehead atoms. The summed E-state index contributed by atoms with van der Waals surface area (Å²) in [7, 11) is 0. The van der Waals surface area contributed by atoms with E-state index >= 15 is 0 Å². The molecule has 1 aromatic carbocycles. The van der Waals surface area contributed by atoms with Crippen molar-refractivity contribution < 1.29 is 14.5 Å². The van der Waals surface area contributed by atoms with Crippen molar-refractivity contribution in [2.45, 2.75) is 18.9 Å². The number of carbonyl (C=O) groups excluding carboxylic acids is 2. The molecule has 120 valence electrons. The van der Waals surface area contributed by atoms with E-state index < -0.39 is 4.92 Å². The molecule has 0 spiro atoms. The van der Waals surface area contributed by atoms with Gasteiger partial charge < -0.3 is 5.32 Å². The van der Waals surface area contributed by atoms with Gasteiger partial charge in [-0.25, -0.2) is 0 Å². The Kier molecular flexibility index (Phi) is 5.12. The lowest BCUT2D eigenvalue weighted by molar-refractivity contribution is -0.388. The maximum absolute atomic E-state index is 11.9. The van der Waals surface area contributed by atoms with Crippen molar-refractivity contribution in [2.75, 3.05) is 11.1 Å². The molecule has 0 unspecified atom stereocenters. The monoisotopic (exact) mass is 334 g/mol. The third kappa shape index (κ3) is 4.16. The highest BCUT2D eigenvalue weighted by Gasteiger charge is 2.22. The van der Waals surface area contributed by atoms with E-state index in [1.54, 1.807) is 31.2 Å². The highest BCUT2D eigenvalue weighted by atomic mass is 32.2. The maximum Gasteiger partial charge on any atom is 0.323 e. The van der Waals surface area contributed by atoms with Crippen LogP contribution in [0.2, 0.25) is 0 Å². The van der Waals surface area contributed by atoms with Crippen LogP contribution in [0.4, 0.5) is 11.4 Å². The van der Waals surface area contributed by atoms with Crippen LogP contribution in [0.3, 0.4) is 0 Å². The second kappa shape index (κ2) is 7.05. The molecular formula is C14H14N4O4S. The molecule has 0 radical (unpaired) electrons. The average molecular weight is 334 g/mol. The van der Waals surface area contributed by atoms with Crippen molar-refractivity contribution in [3.8, 4) is 0 Å². The van der Waals surface area contributed by atoms with Crippen LogP contribution in [0.25, 0.3) is 0 Å². The number of H-pyrrole nitrogens is 1. The minimum absolute atomic E-state index is 0.0323. The molecule has 0 aliphatic heterocycles. The number of nitrogens with zero attached hydrogens (tertiary/aromatic N) is 2. The van der Waals surface area contributed by atoms with Crippen molar-refractivity contribution in [1.82, 2.24) is 10.2 Å². The summed E-state index contributed by atoms with van der Waals surface area (Å²) in [6, 6.07) is 6.56. The number of Topliss-reactive ketones (excluding diaryl/α,β-unsaturated/α-hetero) is 1. The lowest BCUT2D eigenvalue weighted by Gasteiger charge is -2.05. The fourth-order valence-electron chi connectivity index (χ4n) is 1.86. The highest BCUT2D eigenvalue weighted by molar-refractivity contribution is 8.00. The van der Waals surface area contributed by atoms with E-state index in [0.29, 0.717) is 16.9 Å². The molecule has 0 atom stereocenters. The summed E-state index contributed by atoms with van der Waals surface area (Å²) >= 11 is 0.971. The summed E-state index contributed by atoms with van der Waals surface area (Å²) in [6.45, 7) is 2.98. The Labute approximate surface area is 135 Å². The fourth-order valence-corrected chi connectivity index (χ4v) is 2.68. The van der Waals surface area contributed by atoms with Crippen LogP contribution >= 0.6 is 11.8 Å². The van der Waals surface area contributed by atoms with E-state index in [-0.39, 0.29) is 28.2 Å². The summed E-state index contributed by atoms with van der Waals surface area (Å²) < 4.78 is 0. The first kappa shape index (κ1) is 16.7. The lowest BCUT2D eigenvalue weighted by atomic mass is 10.1. The van der Waals surface area contributed by atoms with Gasteiger partial charge in [0.2, 0.25) is 5.91 Å². The number of nitro groups is 1. The van der Waals surface area contributed by atoms with Gasteiger partial charge in [0.1, 0.15) is 5.69 Å². The summed E-state index contributed by atoms with van der Waals surface area (Å²) in [5.41, 5.74) is 1.21. The number of aryl methyl sites for hydroxylation is 1. The van der Waals surface area contributed by atoms with Gasteiger partial charge in [-0.05, 0) is 26.0 Å². The van der Waals surface area contributed by atoms with Crippen LogP contribution in [-0.4, -0.2) is 32.6 Å². The summed E-state index contributed by atoms with van der Waals surface area (Å²) in [5.74, 6) is -0.473. The number of benzene rings is 1. The van der Waals surface area contributed by atoms with Crippen molar-refractivity contribution in [3.05, 3.63) is 45.6 Å². The van der Waals surface area contributed by atoms with Gasteiger partial charge >= 0.3 is 5.69 Å². The molecule has 2 N–H and O–H groups in total. The summed E-state index contributed by atoms with van der Waals surface area (Å²) in [6.07, 6.45) is 0. The third-order valence-corrected chi connectivity index (χ3v) is 3.92. The van der Waals surface area contributed by atoms with Crippen LogP contribution in [0.1, 0.15) is 23.0 Å². The van der Waals surface area contributed by atoms with Gasteiger partial charge in [-0.2, -0.15) is 5.10 Å². The molecule has 0 fully saturated rings. The van der Waals surface area contributed by atoms with Gasteiger partial charge in [-0.15, -0.1) is 0 Å². The first-order valence-corrected chi connectivity index (χ1v) is 7.60. The van der Waals surface area contributed by atoms with E-state index in [4.69, 9.17) is 0 Å². The molecule has 0 aliphatic carbocycles. The van der Waals surface area contributed by atoms with Crippen LogP contribution in [0.5, 0.6) is 0 Å². The number of amides is 1. The third-order valence-electron chi connectivity index (χ3n) is 2.96. The van der Waals surface area contributed by atoms with Gasteiger partial charge in [0, 0.05) is 11.3 Å². The van der Waals surface area contributed by atoms with Gasteiger partial charge in [0.05, 0.1) is 10.7 Å². The zero-order valence-electron chi connectivity index (χ0n) is 12.5. The quantitative estimate of drug-likeness (QED) is 0.363. The standard InChI is InChI=1S/C14H14N4O4S/c1-8-13(18(21)22)14(17-16-8)23-7-12(20)15-11-5-3-4-10(6-11)9(2)19/h3-6H,7H2,1-2H3,(H,15,20)(H,16,17). The first-order chi connectivity index (χ1) is 10.9. The molecule has 0 saturated carbocycles. The zero-order valence-corrected chi connectivity index (χ0v) is 13.3. The molecule has 1 amide bonds. The van der Waals surface area contributed by atoms with E-state index in [0.717, 1.165) is 11.8 Å². The minimum Gasteiger partial charge on any atom is -0.325 e. The van der Waals surface area contributed by atoms with Crippen molar-refractivity contribution in [1.29, 1.82) is 0 Å². The van der Waals surface area contributed by atoms with Gasteiger partial charge in [-0.3, -0.25) is 24.8 Å². The Morgan fingerprint density at radius 3 is 2.83 bits per heavy atom. The molecule has 9 heteroatoms. The van der Waals surface area contributed by atoms with Crippen LogP contribution in [0.15, 0.2) is 29.3 Å². The number of anilines is 1. The summed E-state index contributed by atoms with van der Waals surface area (Å²) in [4.78, 5) is 33.6. The first-order valence-electron chi connectivity index (χ1n) is 6.61. The van der Waals surface area contributed by atoms with Crippen molar-refractivity contribution in [2.24, 2.45) is 0 Å². The van der Waals surface area contributed by atoms with Crippen LogP contribution in [-0.2, 0) is 4.79 Å². The van der Waals surface area contributed by atoms with Crippen LogP contribution in [0, 0.1) is 17.0 Å². The van der Waals surface area contributed by atoms with Crippen LogP contribution < -0.4 is 5.32 Å². The number of nitrogens with one attached hydrogen (secondary N) is 2. The Morgan fingerprint density at radius 1 is 1.43 bits per heavy atom. The Bertz CT molecular complexity index is 772. The number of ketones is 1. The SMILES string of the molecule is CC(=O)c1cccc(NC(=O)CSc2n[nH]c(C)c2[N+](=O)[O-])c1. The number of aromatic nitrogens is 2. The predicted octanol–water partition coefficient (Wildman–Crippen LogP) is 2.56. The summed E-state index contributed by atoms with van der Waals surface area (Å²) in [5, 5.41) is 20.1. The normalized spacial score (nSPS) is 10.3. The van der Waals surface area contributed by atoms with Crippen molar-refractivity contribution in [3.63, 3.8) is 0 Å². The largest absolute Gasteiger partial charge is 0.325 e. The number of carbonyl (C=O) groups is 2. The zero-order chi connectivity index (χ0) is 17.0. The minimum atomic E-state index is -0.532. The number of rotatable bonds is 6. The maximum atomic E-state index is 11.9. The number of hydrogen-bond acceptors (Lipinski definition) is 6. The molecule has 8 nitrogen and oxygen atoms in total. The van der Waals surface area contributed by atoms with E-state index in [9.17, 15) is 19.7 Å². The topological polar surface area (TPSA) is 118 Å². The Morgan fingerprint density at radius 2 is 2.17 bits per heavy atom. The molecule has 2 aromatic rings. The van der Waals surface area contributed by atoms with Gasteiger partial charge in [0.25, 0.3) is 0 Å². The smallest absolute Gasteiger partial charge is 0.323 e. The van der Waals surface area contributed by atoms with E-state index in [2.05, 4.69) is 15.5 Å². The number of hydrogen-bond donors (Lipinski definition) is 2. The lowest BCUT2D eigenvalue weighted by Crippen LogP contribution is -2.14. The molecule has 23 heavy (non-hydrogen) atoms. The number of aromatic amines is 1. The molecular weight excluding hydrogens is 320 g/mol. The van der Waals surface area contributed by atoms with E-state index in [1.807, 2.05) is 0 Å². The molecule has 0 saturated heterocycles. The van der Waals surface area contributed by atoms with Gasteiger partial charge in [-0.1, -0.05) is 23.9 Å². The predicted molar refractivity (Wildman–Crippen MR) is 85.8 cm³/mol. The average Bonchev–Trinajstić information content (AvgIpc) is 2.86. The molecule has 1 aromatic heterocycles. The number of thioether (sulfide) groups is 1. The van der Waals surface area contributed by atoms with Crippen molar-refractivity contribution >= 4 is 34.8 Å². The van der Waals surface area contributed by atoms with Gasteiger partial charge in [0.15, 0.2) is 10.8 Å². The van der Waals surface area contributed by atoms with E-state index in [1.165, 1.54) is 6.92 Å². The molecule has 2 rings (SSSR count). The molecule has 1 heterocycles. The second-order valence-corrected chi connectivity index (χ2v) is 5.70. The molecule has 0 aliphatic rings. The Hall–Kier alpha value is -2.68. The Balaban J connectivity index is 2.00. The fraction of sp³-hybridized carbons (Fsp3) is 0.214. The highest BCUT2D eigenvalue weighted by Crippen LogP contribution is 2.29. The second-order valence-electron chi connectivity index (χ2n) is 4.73.